The first-order valence-electron chi connectivity index (χ1n) is 5.97. The summed E-state index contributed by atoms with van der Waals surface area (Å²) in [6.07, 6.45) is 1.50. The van der Waals surface area contributed by atoms with Crippen LogP contribution in [0.1, 0.15) is 12.0 Å². The van der Waals surface area contributed by atoms with Gasteiger partial charge in [-0.15, -0.1) is 0 Å². The van der Waals surface area contributed by atoms with E-state index in [-0.39, 0.29) is 5.91 Å². The molecule has 0 aliphatic rings. The predicted molar refractivity (Wildman–Crippen MR) is 71.6 cm³/mol. The number of aryl methyl sites for hydroxylation is 1. The van der Waals surface area contributed by atoms with Gasteiger partial charge in [0, 0.05) is 37.7 Å². The second kappa shape index (κ2) is 5.14. The van der Waals surface area contributed by atoms with Crippen LogP contribution in [0.15, 0.2) is 30.5 Å². The minimum atomic E-state index is -1.10. The van der Waals surface area contributed by atoms with Crippen molar-refractivity contribution in [2.24, 2.45) is 7.05 Å². The molecule has 0 radical (unpaired) electrons. The summed E-state index contributed by atoms with van der Waals surface area (Å²) in [4.78, 5) is 23.6. The first kappa shape index (κ1) is 13.1. The number of benzene rings is 1. The van der Waals surface area contributed by atoms with Crippen molar-refractivity contribution < 1.29 is 14.7 Å². The maximum Gasteiger partial charge on any atom is 0.312 e. The molecule has 100 valence electrons. The van der Waals surface area contributed by atoms with Crippen LogP contribution in [-0.2, 0) is 23.2 Å². The van der Waals surface area contributed by atoms with E-state index in [9.17, 15) is 9.59 Å². The zero-order chi connectivity index (χ0) is 14.0. The lowest BCUT2D eigenvalue weighted by atomic mass is 10.1. The first-order valence-corrected chi connectivity index (χ1v) is 5.97. The van der Waals surface area contributed by atoms with Gasteiger partial charge in [-0.1, -0.05) is 18.2 Å². The van der Waals surface area contributed by atoms with Gasteiger partial charge in [0.25, 0.3) is 0 Å². The predicted octanol–water partition coefficient (Wildman–Crippen LogP) is 1.61. The third kappa shape index (κ3) is 2.76. The van der Waals surface area contributed by atoms with Gasteiger partial charge >= 0.3 is 5.97 Å². The van der Waals surface area contributed by atoms with Gasteiger partial charge in [0.1, 0.15) is 6.42 Å². The number of amides is 1. The van der Waals surface area contributed by atoms with Gasteiger partial charge in [-0.25, -0.2) is 0 Å². The highest BCUT2D eigenvalue weighted by atomic mass is 16.4. The fourth-order valence-electron chi connectivity index (χ4n) is 2.16. The Bertz CT molecular complexity index is 631. The maximum atomic E-state index is 11.6. The summed E-state index contributed by atoms with van der Waals surface area (Å²) in [6, 6.07) is 7.92. The Morgan fingerprint density at radius 2 is 2.00 bits per heavy atom. The van der Waals surface area contributed by atoms with Crippen LogP contribution in [-0.4, -0.2) is 33.5 Å². The number of para-hydroxylation sites is 1. The largest absolute Gasteiger partial charge is 0.481 e. The molecular formula is C14H16N2O3. The van der Waals surface area contributed by atoms with E-state index in [2.05, 4.69) is 0 Å². The fourth-order valence-corrected chi connectivity index (χ4v) is 2.16. The Kier molecular flexibility index (Phi) is 3.55. The molecule has 1 N–H and O–H groups in total. The van der Waals surface area contributed by atoms with Crippen LogP contribution in [0, 0.1) is 0 Å². The van der Waals surface area contributed by atoms with Crippen molar-refractivity contribution in [1.82, 2.24) is 9.47 Å². The van der Waals surface area contributed by atoms with Crippen LogP contribution >= 0.6 is 0 Å². The molecule has 0 unspecified atom stereocenters. The van der Waals surface area contributed by atoms with Crippen molar-refractivity contribution in [3.05, 3.63) is 36.0 Å². The molecule has 1 amide bonds. The van der Waals surface area contributed by atoms with Crippen molar-refractivity contribution in [2.45, 2.75) is 13.0 Å². The molecule has 0 aliphatic carbocycles. The van der Waals surface area contributed by atoms with Crippen LogP contribution in [0.25, 0.3) is 10.9 Å². The molecule has 5 nitrogen and oxygen atoms in total. The van der Waals surface area contributed by atoms with Gasteiger partial charge in [-0.05, 0) is 11.6 Å². The van der Waals surface area contributed by atoms with Gasteiger partial charge < -0.3 is 14.6 Å². The number of hydrogen-bond acceptors (Lipinski definition) is 2. The molecule has 0 saturated heterocycles. The molecule has 0 aliphatic heterocycles. The maximum absolute atomic E-state index is 11.6. The quantitative estimate of drug-likeness (QED) is 0.849. The number of aliphatic carboxylic acids is 1. The Labute approximate surface area is 111 Å². The van der Waals surface area contributed by atoms with E-state index in [0.717, 1.165) is 16.5 Å². The van der Waals surface area contributed by atoms with E-state index in [1.807, 2.05) is 42.1 Å². The Morgan fingerprint density at radius 3 is 2.68 bits per heavy atom. The van der Waals surface area contributed by atoms with E-state index >= 15 is 0 Å². The molecule has 0 atom stereocenters. The smallest absolute Gasteiger partial charge is 0.312 e. The lowest BCUT2D eigenvalue weighted by molar-refractivity contribution is -0.143. The van der Waals surface area contributed by atoms with Gasteiger partial charge in [-0.3, -0.25) is 9.59 Å². The van der Waals surface area contributed by atoms with E-state index in [1.165, 1.54) is 4.90 Å². The summed E-state index contributed by atoms with van der Waals surface area (Å²) in [5, 5.41) is 9.71. The van der Waals surface area contributed by atoms with Crippen LogP contribution in [0.5, 0.6) is 0 Å². The van der Waals surface area contributed by atoms with Gasteiger partial charge in [-0.2, -0.15) is 0 Å². The summed E-state index contributed by atoms with van der Waals surface area (Å²) in [7, 11) is 3.57. The molecule has 1 aromatic heterocycles. The topological polar surface area (TPSA) is 62.5 Å². The van der Waals surface area contributed by atoms with Crippen molar-refractivity contribution in [2.75, 3.05) is 7.05 Å². The number of nitrogens with zero attached hydrogens (tertiary/aromatic N) is 2. The summed E-state index contributed by atoms with van der Waals surface area (Å²) in [5.74, 6) is -1.49. The number of hydrogen-bond donors (Lipinski definition) is 1. The highest BCUT2D eigenvalue weighted by molar-refractivity contribution is 5.93. The van der Waals surface area contributed by atoms with Crippen molar-refractivity contribution in [3.8, 4) is 0 Å². The van der Waals surface area contributed by atoms with E-state index in [1.54, 1.807) is 7.05 Å². The zero-order valence-electron chi connectivity index (χ0n) is 11.0. The fraction of sp³-hybridized carbons (Fsp3) is 0.286. The van der Waals surface area contributed by atoms with Crippen LogP contribution in [0.2, 0.25) is 0 Å². The molecule has 1 aromatic carbocycles. The van der Waals surface area contributed by atoms with Crippen LogP contribution in [0.4, 0.5) is 0 Å². The molecule has 0 fully saturated rings. The van der Waals surface area contributed by atoms with Crippen molar-refractivity contribution in [3.63, 3.8) is 0 Å². The van der Waals surface area contributed by atoms with Crippen LogP contribution < -0.4 is 0 Å². The summed E-state index contributed by atoms with van der Waals surface area (Å²) < 4.78 is 2.00. The molecular weight excluding hydrogens is 244 g/mol. The summed E-state index contributed by atoms with van der Waals surface area (Å²) in [5.41, 5.74) is 2.11. The molecule has 0 spiro atoms. The number of rotatable bonds is 4. The molecule has 1 heterocycles. The Hall–Kier alpha value is -2.30. The lowest BCUT2D eigenvalue weighted by Gasteiger charge is -2.15. The minimum absolute atomic E-state index is 0.388. The van der Waals surface area contributed by atoms with E-state index in [4.69, 9.17) is 5.11 Å². The van der Waals surface area contributed by atoms with Gasteiger partial charge in [0.15, 0.2) is 0 Å². The highest BCUT2D eigenvalue weighted by Crippen LogP contribution is 2.21. The number of carboxylic acid groups (broad SMARTS) is 1. The monoisotopic (exact) mass is 260 g/mol. The number of carbonyl (C=O) groups excluding carboxylic acids is 1. The average molecular weight is 260 g/mol. The summed E-state index contributed by atoms with van der Waals surface area (Å²) in [6.45, 7) is 0.410. The van der Waals surface area contributed by atoms with Crippen molar-refractivity contribution >= 4 is 22.8 Å². The number of carboxylic acids is 1. The normalized spacial score (nSPS) is 10.6. The Balaban J connectivity index is 2.22. The number of aromatic nitrogens is 1. The molecule has 19 heavy (non-hydrogen) atoms. The molecule has 2 rings (SSSR count). The number of fused-ring (bicyclic) bond motifs is 1. The lowest BCUT2D eigenvalue weighted by Crippen LogP contribution is -2.27. The van der Waals surface area contributed by atoms with Crippen LogP contribution in [0.3, 0.4) is 0 Å². The van der Waals surface area contributed by atoms with E-state index < -0.39 is 12.4 Å². The first-order chi connectivity index (χ1) is 8.99. The molecule has 5 heteroatoms. The second-order valence-corrected chi connectivity index (χ2v) is 4.60. The Morgan fingerprint density at radius 1 is 1.32 bits per heavy atom. The molecule has 0 bridgehead atoms. The SMILES string of the molecule is CN(Cc1cn(C)c2ccccc12)C(=O)CC(=O)O. The third-order valence-corrected chi connectivity index (χ3v) is 3.12. The third-order valence-electron chi connectivity index (χ3n) is 3.12. The zero-order valence-corrected chi connectivity index (χ0v) is 11.0. The number of carbonyl (C=O) groups is 2. The second-order valence-electron chi connectivity index (χ2n) is 4.60. The average Bonchev–Trinajstić information content (AvgIpc) is 2.66. The van der Waals surface area contributed by atoms with E-state index in [0.29, 0.717) is 6.54 Å². The molecule has 2 aromatic rings. The highest BCUT2D eigenvalue weighted by Gasteiger charge is 2.15. The standard InChI is InChI=1S/C14H16N2O3/c1-15-8-10(11-5-3-4-6-12(11)15)9-16(2)13(17)7-14(18)19/h3-6,8H,7,9H2,1-2H3,(H,18,19). The summed E-state index contributed by atoms with van der Waals surface area (Å²) >= 11 is 0. The molecule has 0 saturated carbocycles. The van der Waals surface area contributed by atoms with Gasteiger partial charge in [0.05, 0.1) is 0 Å². The minimum Gasteiger partial charge on any atom is -0.481 e. The van der Waals surface area contributed by atoms with Crippen molar-refractivity contribution in [1.29, 1.82) is 0 Å². The van der Waals surface area contributed by atoms with Gasteiger partial charge in [0.2, 0.25) is 5.91 Å².